The summed E-state index contributed by atoms with van der Waals surface area (Å²) in [5, 5.41) is 0. The van der Waals surface area contributed by atoms with E-state index in [9.17, 15) is 4.79 Å². The van der Waals surface area contributed by atoms with Gasteiger partial charge in [0, 0.05) is 38.6 Å². The van der Waals surface area contributed by atoms with Gasteiger partial charge in [0.2, 0.25) is 0 Å². The van der Waals surface area contributed by atoms with Crippen LogP contribution in [0.25, 0.3) is 0 Å². The number of likely N-dealkylation sites (tertiary alicyclic amines) is 1. The highest BCUT2D eigenvalue weighted by Gasteiger charge is 2.26. The monoisotopic (exact) mass is 331 g/mol. The summed E-state index contributed by atoms with van der Waals surface area (Å²) in [4.78, 5) is 21.0. The molecule has 24 heavy (non-hydrogen) atoms. The van der Waals surface area contributed by atoms with E-state index in [4.69, 9.17) is 4.74 Å². The number of amides is 1. The van der Waals surface area contributed by atoms with Gasteiger partial charge in [-0.3, -0.25) is 14.7 Å². The van der Waals surface area contributed by atoms with E-state index in [1.54, 1.807) is 12.4 Å². The summed E-state index contributed by atoms with van der Waals surface area (Å²) in [6.07, 6.45) is 7.50. The molecular weight excluding hydrogens is 302 g/mol. The summed E-state index contributed by atoms with van der Waals surface area (Å²) in [6, 6.07) is 3.67. The van der Waals surface area contributed by atoms with E-state index >= 15 is 0 Å². The van der Waals surface area contributed by atoms with Gasteiger partial charge in [0.25, 0.3) is 5.91 Å². The van der Waals surface area contributed by atoms with Crippen LogP contribution in [0.5, 0.6) is 0 Å². The van der Waals surface area contributed by atoms with E-state index in [1.807, 2.05) is 17.0 Å². The minimum Gasteiger partial charge on any atom is -0.373 e. The van der Waals surface area contributed by atoms with Crippen LogP contribution in [0, 0.1) is 5.92 Å². The standard InChI is InChI=1S/C19H29N3O2/c1-15-13-21(14-16(2)24-15)9-5-17-6-10-22(11-7-17)19(23)18-4-3-8-20-12-18/h3-4,8,12,15-17H,5-7,9-11,13-14H2,1-2H3/t15-,16+. The van der Waals surface area contributed by atoms with E-state index in [1.165, 1.54) is 6.42 Å². The largest absolute Gasteiger partial charge is 0.373 e. The van der Waals surface area contributed by atoms with Crippen LogP contribution in [-0.2, 0) is 4.74 Å². The Morgan fingerprint density at radius 1 is 1.25 bits per heavy atom. The lowest BCUT2D eigenvalue weighted by Gasteiger charge is -2.37. The fourth-order valence-corrected chi connectivity index (χ4v) is 3.93. The third kappa shape index (κ3) is 4.54. The third-order valence-corrected chi connectivity index (χ3v) is 5.16. The first kappa shape index (κ1) is 17.4. The molecule has 2 aliphatic rings. The lowest BCUT2D eigenvalue weighted by molar-refractivity contribution is -0.0693. The average molecular weight is 331 g/mol. The Morgan fingerprint density at radius 3 is 2.58 bits per heavy atom. The molecule has 0 N–H and O–H groups in total. The van der Waals surface area contributed by atoms with Crippen molar-refractivity contribution < 1.29 is 9.53 Å². The summed E-state index contributed by atoms with van der Waals surface area (Å²) in [7, 11) is 0. The van der Waals surface area contributed by atoms with Gasteiger partial charge >= 0.3 is 0 Å². The number of morpholine rings is 1. The topological polar surface area (TPSA) is 45.7 Å². The molecule has 3 heterocycles. The average Bonchev–Trinajstić information content (AvgIpc) is 2.60. The van der Waals surface area contributed by atoms with Gasteiger partial charge in [0.15, 0.2) is 0 Å². The first-order valence-corrected chi connectivity index (χ1v) is 9.19. The molecule has 0 radical (unpaired) electrons. The Bertz CT molecular complexity index is 519. The highest BCUT2D eigenvalue weighted by atomic mass is 16.5. The second kappa shape index (κ2) is 8.08. The zero-order valence-electron chi connectivity index (χ0n) is 14.9. The molecule has 1 amide bonds. The number of hydrogen-bond acceptors (Lipinski definition) is 4. The van der Waals surface area contributed by atoms with E-state index < -0.39 is 0 Å². The van der Waals surface area contributed by atoms with E-state index in [0.717, 1.165) is 51.5 Å². The Balaban J connectivity index is 1.41. The highest BCUT2D eigenvalue weighted by Crippen LogP contribution is 2.23. The zero-order valence-corrected chi connectivity index (χ0v) is 14.9. The van der Waals surface area contributed by atoms with Crippen LogP contribution in [0.2, 0.25) is 0 Å². The van der Waals surface area contributed by atoms with Gasteiger partial charge in [-0.05, 0) is 57.7 Å². The van der Waals surface area contributed by atoms with Crippen molar-refractivity contribution in [2.45, 2.75) is 45.3 Å². The number of nitrogens with zero attached hydrogens (tertiary/aromatic N) is 3. The van der Waals surface area contributed by atoms with Crippen molar-refractivity contribution in [2.24, 2.45) is 5.92 Å². The number of pyridine rings is 1. The van der Waals surface area contributed by atoms with Crippen LogP contribution < -0.4 is 0 Å². The van der Waals surface area contributed by atoms with Crippen LogP contribution in [0.3, 0.4) is 0 Å². The normalized spacial score (nSPS) is 26.5. The van der Waals surface area contributed by atoms with Gasteiger partial charge < -0.3 is 9.64 Å². The van der Waals surface area contributed by atoms with Crippen LogP contribution in [-0.4, -0.2) is 65.6 Å². The highest BCUT2D eigenvalue weighted by molar-refractivity contribution is 5.93. The molecule has 2 atom stereocenters. The number of ether oxygens (including phenoxy) is 1. The Labute approximate surface area is 145 Å². The van der Waals surface area contributed by atoms with Crippen molar-refractivity contribution in [1.82, 2.24) is 14.8 Å². The van der Waals surface area contributed by atoms with Gasteiger partial charge in [-0.15, -0.1) is 0 Å². The molecule has 2 saturated heterocycles. The van der Waals surface area contributed by atoms with Gasteiger partial charge in [-0.25, -0.2) is 0 Å². The SMILES string of the molecule is C[C@@H]1CN(CCC2CCN(C(=O)c3cccnc3)CC2)C[C@H](C)O1. The van der Waals surface area contributed by atoms with Crippen molar-refractivity contribution >= 4 is 5.91 Å². The molecule has 2 aliphatic heterocycles. The fraction of sp³-hybridized carbons (Fsp3) is 0.684. The van der Waals surface area contributed by atoms with Crippen LogP contribution in [0.1, 0.15) is 43.5 Å². The van der Waals surface area contributed by atoms with Crippen LogP contribution in [0.4, 0.5) is 0 Å². The maximum Gasteiger partial charge on any atom is 0.255 e. The van der Waals surface area contributed by atoms with Gasteiger partial charge in [-0.1, -0.05) is 0 Å². The molecule has 3 rings (SSSR count). The predicted octanol–water partition coefficient (Wildman–Crippen LogP) is 2.43. The Hall–Kier alpha value is -1.46. The molecule has 0 aliphatic carbocycles. The molecule has 2 fully saturated rings. The molecule has 0 aromatic carbocycles. The summed E-state index contributed by atoms with van der Waals surface area (Å²) in [5.41, 5.74) is 0.701. The molecule has 1 aromatic heterocycles. The number of aromatic nitrogens is 1. The lowest BCUT2D eigenvalue weighted by atomic mass is 9.93. The molecule has 0 spiro atoms. The maximum atomic E-state index is 12.4. The van der Waals surface area contributed by atoms with Gasteiger partial charge in [0.1, 0.15) is 0 Å². The number of hydrogen-bond donors (Lipinski definition) is 0. The van der Waals surface area contributed by atoms with Crippen LogP contribution in [0.15, 0.2) is 24.5 Å². The van der Waals surface area contributed by atoms with Crippen molar-refractivity contribution in [3.05, 3.63) is 30.1 Å². The van der Waals surface area contributed by atoms with Crippen molar-refractivity contribution in [3.8, 4) is 0 Å². The van der Waals surface area contributed by atoms with E-state index in [0.29, 0.717) is 17.8 Å². The minimum atomic E-state index is 0.123. The second-order valence-electron chi connectivity index (χ2n) is 7.28. The van der Waals surface area contributed by atoms with Crippen LogP contribution >= 0.6 is 0 Å². The zero-order chi connectivity index (χ0) is 16.9. The summed E-state index contributed by atoms with van der Waals surface area (Å²) < 4.78 is 5.80. The molecule has 5 nitrogen and oxygen atoms in total. The molecule has 0 unspecified atom stereocenters. The first-order chi connectivity index (χ1) is 11.6. The quantitative estimate of drug-likeness (QED) is 0.850. The molecule has 5 heteroatoms. The minimum absolute atomic E-state index is 0.123. The summed E-state index contributed by atoms with van der Waals surface area (Å²) >= 11 is 0. The van der Waals surface area contributed by atoms with Crippen molar-refractivity contribution in [3.63, 3.8) is 0 Å². The Kier molecular flexibility index (Phi) is 5.85. The predicted molar refractivity (Wildman–Crippen MR) is 93.9 cm³/mol. The smallest absolute Gasteiger partial charge is 0.255 e. The lowest BCUT2D eigenvalue weighted by Crippen LogP contribution is -2.46. The number of carbonyl (C=O) groups excluding carboxylic acids is 1. The van der Waals surface area contributed by atoms with Crippen molar-refractivity contribution in [2.75, 3.05) is 32.7 Å². The summed E-state index contributed by atoms with van der Waals surface area (Å²) in [5.74, 6) is 0.855. The number of carbonyl (C=O) groups is 1. The van der Waals surface area contributed by atoms with Crippen molar-refractivity contribution in [1.29, 1.82) is 0 Å². The van der Waals surface area contributed by atoms with Gasteiger partial charge in [-0.2, -0.15) is 0 Å². The first-order valence-electron chi connectivity index (χ1n) is 9.19. The number of rotatable bonds is 4. The number of piperidine rings is 1. The molecule has 0 saturated carbocycles. The Morgan fingerprint density at radius 2 is 1.96 bits per heavy atom. The third-order valence-electron chi connectivity index (χ3n) is 5.16. The summed E-state index contributed by atoms with van der Waals surface area (Å²) in [6.45, 7) is 9.30. The molecule has 132 valence electrons. The molecule has 0 bridgehead atoms. The second-order valence-corrected chi connectivity index (χ2v) is 7.28. The molecular formula is C19H29N3O2. The van der Waals surface area contributed by atoms with E-state index in [-0.39, 0.29) is 5.91 Å². The molecule has 1 aromatic rings. The maximum absolute atomic E-state index is 12.4. The fourth-order valence-electron chi connectivity index (χ4n) is 3.93. The van der Waals surface area contributed by atoms with Gasteiger partial charge in [0.05, 0.1) is 17.8 Å². The van der Waals surface area contributed by atoms with E-state index in [2.05, 4.69) is 23.7 Å².